The molecule has 0 saturated heterocycles. The largest absolute Gasteiger partial charge is 0.340 e. The number of nitrogens with one attached hydrogen (secondary N) is 2. The third kappa shape index (κ3) is 2.65. The first-order valence-electron chi connectivity index (χ1n) is 5.59. The van der Waals surface area contributed by atoms with Crippen LogP contribution in [-0.2, 0) is 10.0 Å². The number of hydrogen-bond acceptors (Lipinski definition) is 5. The van der Waals surface area contributed by atoms with E-state index in [1.165, 1.54) is 30.9 Å². The van der Waals surface area contributed by atoms with Crippen LogP contribution in [0, 0.1) is 0 Å². The molecule has 2 heterocycles. The maximum absolute atomic E-state index is 12.3. The maximum Gasteiger partial charge on any atom is 0.263 e. The van der Waals surface area contributed by atoms with Gasteiger partial charge in [-0.2, -0.15) is 0 Å². The highest BCUT2D eigenvalue weighted by atomic mass is 35.5. The minimum absolute atomic E-state index is 0.0248. The summed E-state index contributed by atoms with van der Waals surface area (Å²) in [6.45, 7) is 0. The van der Waals surface area contributed by atoms with Crippen molar-refractivity contribution >= 4 is 50.2 Å². The molecule has 3 rings (SSSR count). The molecule has 0 spiro atoms. The van der Waals surface area contributed by atoms with Crippen LogP contribution in [0.1, 0.15) is 0 Å². The molecule has 0 unspecified atom stereocenters. The molecule has 21 heavy (non-hydrogen) atoms. The van der Waals surface area contributed by atoms with Gasteiger partial charge in [-0.05, 0) is 18.2 Å². The molecule has 0 amide bonds. The Morgan fingerprint density at radius 1 is 1.10 bits per heavy atom. The van der Waals surface area contributed by atoms with Gasteiger partial charge in [0.25, 0.3) is 10.0 Å². The molecule has 0 bridgehead atoms. The van der Waals surface area contributed by atoms with Crippen molar-refractivity contribution in [2.75, 3.05) is 4.72 Å². The minimum atomic E-state index is -3.85. The van der Waals surface area contributed by atoms with Crippen LogP contribution in [0.25, 0.3) is 11.2 Å². The van der Waals surface area contributed by atoms with E-state index in [-0.39, 0.29) is 20.8 Å². The van der Waals surface area contributed by atoms with Gasteiger partial charge in [0.15, 0.2) is 11.5 Å². The van der Waals surface area contributed by atoms with Gasteiger partial charge in [-0.1, -0.05) is 23.2 Å². The first kappa shape index (κ1) is 14.1. The molecular weight excluding hydrogens is 337 g/mol. The number of rotatable bonds is 3. The number of aromatic amines is 1. The SMILES string of the molecule is O=S(=O)(Nc1ncnc2nc[nH]c12)c1ccc(Cl)c(Cl)c1. The van der Waals surface area contributed by atoms with Crippen LogP contribution in [0.5, 0.6) is 0 Å². The quantitative estimate of drug-likeness (QED) is 0.760. The predicted molar refractivity (Wildman–Crippen MR) is 79.0 cm³/mol. The van der Waals surface area contributed by atoms with Crippen molar-refractivity contribution in [2.45, 2.75) is 4.90 Å². The number of benzene rings is 1. The highest BCUT2D eigenvalue weighted by Crippen LogP contribution is 2.26. The third-order valence-electron chi connectivity index (χ3n) is 2.66. The first-order valence-corrected chi connectivity index (χ1v) is 7.83. The number of nitrogens with zero attached hydrogens (tertiary/aromatic N) is 3. The molecule has 0 aliphatic rings. The fourth-order valence-electron chi connectivity index (χ4n) is 1.67. The summed E-state index contributed by atoms with van der Waals surface area (Å²) in [6, 6.07) is 4.02. The van der Waals surface area contributed by atoms with Crippen molar-refractivity contribution in [3.8, 4) is 0 Å². The van der Waals surface area contributed by atoms with Crippen LogP contribution in [-0.4, -0.2) is 28.4 Å². The Kier molecular flexibility index (Phi) is 3.44. The lowest BCUT2D eigenvalue weighted by Gasteiger charge is -2.08. The van der Waals surface area contributed by atoms with Gasteiger partial charge >= 0.3 is 0 Å². The molecule has 7 nitrogen and oxygen atoms in total. The Labute approximate surface area is 129 Å². The molecule has 2 aromatic heterocycles. The Bertz CT molecular complexity index is 925. The molecule has 0 aliphatic carbocycles. The minimum Gasteiger partial charge on any atom is -0.340 e. The average Bonchev–Trinajstić information content (AvgIpc) is 2.91. The Balaban J connectivity index is 2.03. The number of imidazole rings is 1. The number of halogens is 2. The Morgan fingerprint density at radius 3 is 2.67 bits per heavy atom. The van der Waals surface area contributed by atoms with Crippen LogP contribution in [0.15, 0.2) is 35.7 Å². The van der Waals surface area contributed by atoms with E-state index in [0.29, 0.717) is 11.2 Å². The van der Waals surface area contributed by atoms with Crippen molar-refractivity contribution in [2.24, 2.45) is 0 Å². The van der Waals surface area contributed by atoms with Gasteiger partial charge in [-0.15, -0.1) is 0 Å². The van der Waals surface area contributed by atoms with Crippen LogP contribution in [0.2, 0.25) is 10.0 Å². The van der Waals surface area contributed by atoms with Crippen LogP contribution in [0.3, 0.4) is 0 Å². The summed E-state index contributed by atoms with van der Waals surface area (Å²) in [5, 5.41) is 0.419. The summed E-state index contributed by atoms with van der Waals surface area (Å²) in [5.41, 5.74) is 0.748. The summed E-state index contributed by atoms with van der Waals surface area (Å²) < 4.78 is 27.0. The van der Waals surface area contributed by atoms with Crippen molar-refractivity contribution < 1.29 is 8.42 Å². The van der Waals surface area contributed by atoms with Gasteiger partial charge in [-0.3, -0.25) is 4.72 Å². The molecule has 3 aromatic rings. The van der Waals surface area contributed by atoms with E-state index in [1.54, 1.807) is 0 Å². The molecule has 0 fully saturated rings. The molecular formula is C11H7Cl2N5O2S. The van der Waals surface area contributed by atoms with E-state index < -0.39 is 10.0 Å². The third-order valence-corrected chi connectivity index (χ3v) is 4.73. The fraction of sp³-hybridized carbons (Fsp3) is 0. The highest BCUT2D eigenvalue weighted by molar-refractivity contribution is 7.92. The zero-order valence-corrected chi connectivity index (χ0v) is 12.5. The molecule has 0 atom stereocenters. The van der Waals surface area contributed by atoms with Crippen molar-refractivity contribution in [1.82, 2.24) is 19.9 Å². The maximum atomic E-state index is 12.3. The monoisotopic (exact) mass is 343 g/mol. The molecule has 2 N–H and O–H groups in total. The topological polar surface area (TPSA) is 101 Å². The summed E-state index contributed by atoms with van der Waals surface area (Å²) in [7, 11) is -3.85. The molecule has 0 saturated carbocycles. The Morgan fingerprint density at radius 2 is 1.90 bits per heavy atom. The summed E-state index contributed by atoms with van der Waals surface area (Å²) >= 11 is 11.6. The number of anilines is 1. The average molecular weight is 344 g/mol. The predicted octanol–water partition coefficient (Wildman–Crippen LogP) is 2.46. The van der Waals surface area contributed by atoms with E-state index in [4.69, 9.17) is 23.2 Å². The van der Waals surface area contributed by atoms with Gasteiger partial charge < -0.3 is 4.98 Å². The van der Waals surface area contributed by atoms with E-state index in [9.17, 15) is 8.42 Å². The second-order valence-corrected chi connectivity index (χ2v) is 6.50. The second-order valence-electron chi connectivity index (χ2n) is 4.00. The van der Waals surface area contributed by atoms with Gasteiger partial charge in [0.2, 0.25) is 0 Å². The van der Waals surface area contributed by atoms with E-state index >= 15 is 0 Å². The van der Waals surface area contributed by atoms with Gasteiger partial charge in [0, 0.05) is 0 Å². The zero-order valence-electron chi connectivity index (χ0n) is 10.2. The first-order chi connectivity index (χ1) is 9.97. The van der Waals surface area contributed by atoms with Crippen molar-refractivity contribution in [3.63, 3.8) is 0 Å². The van der Waals surface area contributed by atoms with Gasteiger partial charge in [-0.25, -0.2) is 23.4 Å². The highest BCUT2D eigenvalue weighted by Gasteiger charge is 2.18. The standard InChI is InChI=1S/C11H7Cl2N5O2S/c12-7-2-1-6(3-8(7)13)21(19,20)18-11-9-10(15-4-14-9)16-5-17-11/h1-5H,(H2,14,15,16,17,18). The zero-order chi connectivity index (χ0) is 15.0. The number of fused-ring (bicyclic) bond motifs is 1. The number of aromatic nitrogens is 4. The fourth-order valence-corrected chi connectivity index (χ4v) is 3.08. The van der Waals surface area contributed by atoms with Gasteiger partial charge in [0.1, 0.15) is 11.8 Å². The van der Waals surface area contributed by atoms with Gasteiger partial charge in [0.05, 0.1) is 21.3 Å². The van der Waals surface area contributed by atoms with E-state index in [0.717, 1.165) is 0 Å². The molecule has 108 valence electrons. The number of sulfonamides is 1. The lowest BCUT2D eigenvalue weighted by molar-refractivity contribution is 0.601. The summed E-state index contributed by atoms with van der Waals surface area (Å²) in [6.07, 6.45) is 2.62. The van der Waals surface area contributed by atoms with E-state index in [1.807, 2.05) is 0 Å². The second kappa shape index (κ2) is 5.14. The smallest absolute Gasteiger partial charge is 0.263 e. The van der Waals surface area contributed by atoms with Crippen molar-refractivity contribution in [1.29, 1.82) is 0 Å². The molecule has 0 aliphatic heterocycles. The molecule has 1 aromatic carbocycles. The lowest BCUT2D eigenvalue weighted by Crippen LogP contribution is -2.14. The van der Waals surface area contributed by atoms with E-state index in [2.05, 4.69) is 24.7 Å². The Hall–Kier alpha value is -1.90. The van der Waals surface area contributed by atoms with Crippen LogP contribution >= 0.6 is 23.2 Å². The normalized spacial score (nSPS) is 11.7. The van der Waals surface area contributed by atoms with Crippen LogP contribution < -0.4 is 4.72 Å². The number of hydrogen-bond donors (Lipinski definition) is 2. The molecule has 0 radical (unpaired) electrons. The van der Waals surface area contributed by atoms with Crippen LogP contribution in [0.4, 0.5) is 5.82 Å². The summed E-state index contributed by atoms with van der Waals surface area (Å²) in [4.78, 5) is 14.5. The number of H-pyrrole nitrogens is 1. The molecule has 10 heteroatoms. The summed E-state index contributed by atoms with van der Waals surface area (Å²) in [5.74, 6) is 0.101. The lowest BCUT2D eigenvalue weighted by atomic mass is 10.4. The van der Waals surface area contributed by atoms with Crippen molar-refractivity contribution in [3.05, 3.63) is 40.9 Å².